The molecule has 150 valence electrons. The average molecular weight is 427 g/mol. The lowest BCUT2D eigenvalue weighted by Gasteiger charge is -2.14. The fraction of sp³-hybridized carbons (Fsp3) is 0.182. The molecule has 0 unspecified atom stereocenters. The molecule has 2 aromatic carbocycles. The van der Waals surface area contributed by atoms with E-state index in [9.17, 15) is 4.79 Å². The van der Waals surface area contributed by atoms with Crippen molar-refractivity contribution in [2.45, 2.75) is 13.8 Å². The van der Waals surface area contributed by atoms with Crippen molar-refractivity contribution in [1.82, 2.24) is 0 Å². The summed E-state index contributed by atoms with van der Waals surface area (Å²) in [6.45, 7) is 4.57. The zero-order chi connectivity index (χ0) is 20.6. The van der Waals surface area contributed by atoms with E-state index in [1.807, 2.05) is 67.6 Å². The van der Waals surface area contributed by atoms with Crippen LogP contribution in [0.1, 0.15) is 24.2 Å². The van der Waals surface area contributed by atoms with E-state index in [1.165, 1.54) is 11.3 Å². The highest BCUT2D eigenvalue weighted by Crippen LogP contribution is 2.36. The molecule has 0 aliphatic heterocycles. The minimum Gasteiger partial charge on any atom is -0.492 e. The first kappa shape index (κ1) is 20.8. The summed E-state index contributed by atoms with van der Waals surface area (Å²) in [5, 5.41) is 7.28. The Labute approximate surface area is 179 Å². The zero-order valence-electron chi connectivity index (χ0n) is 16.2. The van der Waals surface area contributed by atoms with Crippen LogP contribution in [0.25, 0.3) is 10.4 Å². The maximum atomic E-state index is 12.5. The van der Waals surface area contributed by atoms with Crippen LogP contribution in [0.15, 0.2) is 60.7 Å². The quantitative estimate of drug-likeness (QED) is 0.368. The summed E-state index contributed by atoms with van der Waals surface area (Å²) in [5.74, 6) is 0.326. The van der Waals surface area contributed by atoms with E-state index < -0.39 is 0 Å². The number of nitrogens with one attached hydrogen (secondary N) is 2. The molecule has 3 aromatic rings. The van der Waals surface area contributed by atoms with Gasteiger partial charge in [0.15, 0.2) is 5.11 Å². The third-order valence-corrected chi connectivity index (χ3v) is 5.25. The summed E-state index contributed by atoms with van der Waals surface area (Å²) in [7, 11) is 0. The standard InChI is InChI=1S/C22H22N2O3S2/c1-3-26-18-13-9-8-12-17(18)23-22(28)24-20-16(21(25)27-4-2)14-19(29-20)15-10-6-5-7-11-15/h5-14H,3-4H2,1-2H3,(H2,23,24,28). The molecule has 0 amide bonds. The number of benzene rings is 2. The van der Waals surface area contributed by atoms with Crippen molar-refractivity contribution in [3.8, 4) is 16.2 Å². The van der Waals surface area contributed by atoms with E-state index in [0.717, 1.165) is 16.1 Å². The van der Waals surface area contributed by atoms with Crippen molar-refractivity contribution in [3.63, 3.8) is 0 Å². The molecule has 0 saturated heterocycles. The number of rotatable bonds is 7. The maximum Gasteiger partial charge on any atom is 0.341 e. The van der Waals surface area contributed by atoms with Gasteiger partial charge in [0.2, 0.25) is 0 Å². The topological polar surface area (TPSA) is 59.6 Å². The van der Waals surface area contributed by atoms with E-state index in [1.54, 1.807) is 6.92 Å². The van der Waals surface area contributed by atoms with Crippen LogP contribution >= 0.6 is 23.6 Å². The first-order valence-corrected chi connectivity index (χ1v) is 10.5. The lowest BCUT2D eigenvalue weighted by molar-refractivity contribution is 0.0528. The Hall–Kier alpha value is -2.90. The summed E-state index contributed by atoms with van der Waals surface area (Å²) in [4.78, 5) is 13.4. The average Bonchev–Trinajstić information content (AvgIpc) is 3.14. The van der Waals surface area contributed by atoms with Crippen LogP contribution < -0.4 is 15.4 Å². The highest BCUT2D eigenvalue weighted by atomic mass is 32.1. The number of hydrogen-bond acceptors (Lipinski definition) is 5. The Balaban J connectivity index is 1.84. The second kappa shape index (κ2) is 10.0. The van der Waals surface area contributed by atoms with Gasteiger partial charge in [-0.15, -0.1) is 11.3 Å². The van der Waals surface area contributed by atoms with Crippen molar-refractivity contribution < 1.29 is 14.3 Å². The molecular weight excluding hydrogens is 404 g/mol. The van der Waals surface area contributed by atoms with Gasteiger partial charge in [0.25, 0.3) is 0 Å². The number of anilines is 2. The van der Waals surface area contributed by atoms with E-state index in [4.69, 9.17) is 21.7 Å². The van der Waals surface area contributed by atoms with Gasteiger partial charge in [-0.2, -0.15) is 0 Å². The molecule has 5 nitrogen and oxygen atoms in total. The van der Waals surface area contributed by atoms with Gasteiger partial charge in [0.05, 0.1) is 24.5 Å². The molecular formula is C22H22N2O3S2. The van der Waals surface area contributed by atoms with Crippen LogP contribution in [0.4, 0.5) is 10.7 Å². The zero-order valence-corrected chi connectivity index (χ0v) is 17.9. The van der Waals surface area contributed by atoms with Gasteiger partial charge in [-0.05, 0) is 49.8 Å². The maximum absolute atomic E-state index is 12.5. The summed E-state index contributed by atoms with van der Waals surface area (Å²) in [6.07, 6.45) is 0. The van der Waals surface area contributed by atoms with Crippen molar-refractivity contribution in [2.75, 3.05) is 23.8 Å². The van der Waals surface area contributed by atoms with Gasteiger partial charge >= 0.3 is 5.97 Å². The monoisotopic (exact) mass is 426 g/mol. The number of thiocarbonyl (C=S) groups is 1. The Morgan fingerprint density at radius 3 is 2.45 bits per heavy atom. The lowest BCUT2D eigenvalue weighted by atomic mass is 10.1. The van der Waals surface area contributed by atoms with E-state index in [2.05, 4.69) is 10.6 Å². The fourth-order valence-corrected chi connectivity index (χ4v) is 4.03. The van der Waals surface area contributed by atoms with Crippen LogP contribution in [-0.4, -0.2) is 24.3 Å². The van der Waals surface area contributed by atoms with Crippen LogP contribution in [0, 0.1) is 0 Å². The lowest BCUT2D eigenvalue weighted by Crippen LogP contribution is -2.20. The van der Waals surface area contributed by atoms with Crippen molar-refractivity contribution >= 4 is 45.3 Å². The second-order valence-electron chi connectivity index (χ2n) is 5.95. The Morgan fingerprint density at radius 2 is 1.72 bits per heavy atom. The largest absolute Gasteiger partial charge is 0.492 e. The number of carbonyl (C=O) groups excluding carboxylic acids is 1. The van der Waals surface area contributed by atoms with E-state index >= 15 is 0 Å². The highest BCUT2D eigenvalue weighted by molar-refractivity contribution is 7.80. The summed E-state index contributed by atoms with van der Waals surface area (Å²) in [6, 6.07) is 19.3. The normalized spacial score (nSPS) is 10.3. The van der Waals surface area contributed by atoms with Crippen LogP contribution in [0.3, 0.4) is 0 Å². The number of para-hydroxylation sites is 2. The number of carbonyl (C=O) groups is 1. The predicted molar refractivity (Wildman–Crippen MR) is 123 cm³/mol. The molecule has 0 spiro atoms. The minimum absolute atomic E-state index is 0.305. The Morgan fingerprint density at radius 1 is 1.00 bits per heavy atom. The van der Waals surface area contributed by atoms with Gasteiger partial charge in [-0.25, -0.2) is 4.79 Å². The SMILES string of the molecule is CCOC(=O)c1cc(-c2ccccc2)sc1NC(=S)Nc1ccccc1OCC. The molecule has 0 radical (unpaired) electrons. The van der Waals surface area contributed by atoms with E-state index in [0.29, 0.717) is 34.6 Å². The third-order valence-electron chi connectivity index (χ3n) is 3.95. The number of thiophene rings is 1. The molecule has 29 heavy (non-hydrogen) atoms. The molecule has 3 rings (SSSR count). The summed E-state index contributed by atoms with van der Waals surface area (Å²) < 4.78 is 10.8. The number of esters is 1. The van der Waals surface area contributed by atoms with Gasteiger partial charge < -0.3 is 20.1 Å². The van der Waals surface area contributed by atoms with Crippen LogP contribution in [0.2, 0.25) is 0 Å². The van der Waals surface area contributed by atoms with Crippen molar-refractivity contribution in [1.29, 1.82) is 0 Å². The molecule has 0 atom stereocenters. The summed E-state index contributed by atoms with van der Waals surface area (Å²) in [5.41, 5.74) is 2.24. The van der Waals surface area contributed by atoms with Crippen LogP contribution in [-0.2, 0) is 4.74 Å². The molecule has 0 fully saturated rings. The minimum atomic E-state index is -0.383. The van der Waals surface area contributed by atoms with Gasteiger partial charge in [-0.1, -0.05) is 42.5 Å². The smallest absolute Gasteiger partial charge is 0.341 e. The molecule has 1 heterocycles. The fourth-order valence-electron chi connectivity index (χ4n) is 2.70. The molecule has 0 aliphatic carbocycles. The Bertz CT molecular complexity index is 987. The third kappa shape index (κ3) is 5.34. The Kier molecular flexibility index (Phi) is 7.21. The molecule has 2 N–H and O–H groups in total. The first-order valence-electron chi connectivity index (χ1n) is 9.28. The highest BCUT2D eigenvalue weighted by Gasteiger charge is 2.19. The van der Waals surface area contributed by atoms with Crippen LogP contribution in [0.5, 0.6) is 5.75 Å². The molecule has 0 aliphatic rings. The second-order valence-corrected chi connectivity index (χ2v) is 7.41. The predicted octanol–water partition coefficient (Wildman–Crippen LogP) is 5.80. The molecule has 0 bridgehead atoms. The van der Waals surface area contributed by atoms with Gasteiger partial charge in [0.1, 0.15) is 10.8 Å². The number of ether oxygens (including phenoxy) is 2. The summed E-state index contributed by atoms with van der Waals surface area (Å²) >= 11 is 6.92. The van der Waals surface area contributed by atoms with Crippen molar-refractivity contribution in [3.05, 3.63) is 66.2 Å². The first-order chi connectivity index (χ1) is 14.1. The van der Waals surface area contributed by atoms with Gasteiger partial charge in [-0.3, -0.25) is 0 Å². The molecule has 0 saturated carbocycles. The molecule has 1 aromatic heterocycles. The van der Waals surface area contributed by atoms with Crippen molar-refractivity contribution in [2.24, 2.45) is 0 Å². The van der Waals surface area contributed by atoms with Gasteiger partial charge in [0, 0.05) is 4.88 Å². The number of hydrogen-bond donors (Lipinski definition) is 2. The van der Waals surface area contributed by atoms with E-state index in [-0.39, 0.29) is 5.97 Å². The molecule has 7 heteroatoms.